The van der Waals surface area contributed by atoms with Gasteiger partial charge in [-0.1, -0.05) is 168 Å². The van der Waals surface area contributed by atoms with Crippen molar-refractivity contribution in [3.8, 4) is 0 Å². The second kappa shape index (κ2) is 40.8. The molecule has 10 N–H and O–H groups in total. The Morgan fingerprint density at radius 1 is 0.671 bits per heavy atom. The first-order valence-corrected chi connectivity index (χ1v) is 28.1. The van der Waals surface area contributed by atoms with Crippen LogP contribution in [0.5, 0.6) is 0 Å². The minimum atomic E-state index is -1.77. The second-order valence-corrected chi connectivity index (χ2v) is 20.4. The van der Waals surface area contributed by atoms with Gasteiger partial charge < -0.3 is 66.2 Å². The zero-order valence-corrected chi connectivity index (χ0v) is 45.4. The number of hydrogen-bond acceptors (Lipinski definition) is 15. The minimum absolute atomic E-state index is 0.0340. The Bertz CT molecular complexity index is 1530. The summed E-state index contributed by atoms with van der Waals surface area (Å²) >= 11 is 0. The van der Waals surface area contributed by atoms with Gasteiger partial charge in [0.25, 0.3) is 0 Å². The first kappa shape index (κ1) is 67.6. The van der Waals surface area contributed by atoms with Crippen molar-refractivity contribution >= 4 is 35.6 Å². The Morgan fingerprint density at radius 3 is 1.48 bits per heavy atom. The van der Waals surface area contributed by atoms with Crippen LogP contribution in [-0.2, 0) is 47.7 Å². The van der Waals surface area contributed by atoms with Gasteiger partial charge >= 0.3 is 17.9 Å². The Balaban J connectivity index is 3.35. The molecule has 0 radical (unpaired) electrons. The number of nitrogens with zero attached hydrogens (tertiary/aromatic N) is 1. The summed E-state index contributed by atoms with van der Waals surface area (Å²) in [7, 11) is 0. The predicted octanol–water partition coefficient (Wildman–Crippen LogP) is 6.23. The topological polar surface area (TPSA) is 308 Å². The van der Waals surface area contributed by atoms with Crippen LogP contribution in [0.25, 0.3) is 0 Å². The van der Waals surface area contributed by atoms with Gasteiger partial charge in [0.2, 0.25) is 17.7 Å². The van der Waals surface area contributed by atoms with Crippen molar-refractivity contribution in [1.29, 1.82) is 0 Å². The number of esters is 2. The molecule has 1 saturated heterocycles. The monoisotopic (exact) mass is 1040 g/mol. The highest BCUT2D eigenvalue weighted by molar-refractivity contribution is 5.87. The lowest BCUT2D eigenvalue weighted by atomic mass is 9.88. The number of carbonyl (C=O) groups is 6. The SMILES string of the molecule is CCCCCCCCCCCCCCCC(=O)OC(C(C[C@H](N)C(N)=O)C(=O)N(CC(C)O[C@H]1[C@H](O)[C@@H](CO)O[C@H](O)[C@@H]1NC(C)=O)[C@@H](C)C(=O)O)[C@H](CO)OC(=O)CCCCCCCCCCCCCCC. The molecule has 1 heterocycles. The average Bonchev–Trinajstić information content (AvgIpc) is 3.35. The molecule has 19 nitrogen and oxygen atoms in total. The van der Waals surface area contributed by atoms with Gasteiger partial charge in [-0.3, -0.25) is 24.0 Å². The number of amides is 3. The number of rotatable bonds is 45. The quantitative estimate of drug-likeness (QED) is 0.0247. The Morgan fingerprint density at radius 2 is 1.10 bits per heavy atom. The fraction of sp³-hybridized carbons (Fsp3) is 0.889. The average molecular weight is 1050 g/mol. The largest absolute Gasteiger partial charge is 0.480 e. The first-order chi connectivity index (χ1) is 34.9. The lowest BCUT2D eigenvalue weighted by molar-refractivity contribution is -0.268. The van der Waals surface area contributed by atoms with Gasteiger partial charge in [-0.2, -0.15) is 0 Å². The van der Waals surface area contributed by atoms with Crippen molar-refractivity contribution in [2.24, 2.45) is 17.4 Å². The molecule has 3 unspecified atom stereocenters. The lowest BCUT2D eigenvalue weighted by Crippen LogP contribution is -2.65. The van der Waals surface area contributed by atoms with E-state index in [2.05, 4.69) is 19.2 Å². The number of carboxylic acids is 1. The van der Waals surface area contributed by atoms with Crippen molar-refractivity contribution in [2.45, 2.75) is 282 Å². The summed E-state index contributed by atoms with van der Waals surface area (Å²) in [6, 6.07) is -4.54. The second-order valence-electron chi connectivity index (χ2n) is 20.4. The number of ether oxygens (including phenoxy) is 4. The van der Waals surface area contributed by atoms with E-state index in [1.54, 1.807) is 0 Å². The van der Waals surface area contributed by atoms with Gasteiger partial charge in [0.1, 0.15) is 30.4 Å². The van der Waals surface area contributed by atoms with E-state index in [0.717, 1.165) is 69.6 Å². The number of hydrogen-bond donors (Lipinski definition) is 8. The normalized spacial score (nSPS) is 20.3. The number of primary amides is 1. The van der Waals surface area contributed by atoms with Crippen LogP contribution < -0.4 is 16.8 Å². The number of aliphatic hydroxyl groups is 4. The maximum Gasteiger partial charge on any atom is 0.326 e. The molecule has 0 bridgehead atoms. The number of unbranched alkanes of at least 4 members (excludes halogenated alkanes) is 24. The molecule has 1 fully saturated rings. The standard InChI is InChI=1S/C54H100N4O15/c1-6-8-10-12-14-16-18-20-22-24-26-28-30-32-45(62)71-44(37-60)49(73-46(63)33-31-29-27-25-23-21-19-17-15-13-11-9-7-2)41(34-42(55)51(56)65)52(66)58(39(4)53(67)68)35-38(3)70-50-47(57-40(5)61)54(69)72-43(36-59)48(50)64/h38-39,41-44,47-50,54,59-60,64,69H,6-37,55H2,1-5H3,(H2,56,65)(H,57,61)(H,67,68)/t38?,39-,41?,42-,43+,44-,47+,48+,49?,50+,54-/m0/s1. The van der Waals surface area contributed by atoms with Gasteiger partial charge in [0, 0.05) is 26.3 Å². The summed E-state index contributed by atoms with van der Waals surface area (Å²) in [5, 5.41) is 55.2. The van der Waals surface area contributed by atoms with Crippen LogP contribution in [0, 0.1) is 5.92 Å². The molecule has 1 rings (SSSR count). The van der Waals surface area contributed by atoms with Gasteiger partial charge in [-0.15, -0.1) is 0 Å². The maximum atomic E-state index is 15.0. The lowest BCUT2D eigenvalue weighted by Gasteiger charge is -2.44. The van der Waals surface area contributed by atoms with E-state index in [4.69, 9.17) is 30.4 Å². The molecule has 0 saturated carbocycles. The number of nitrogens with two attached hydrogens (primary N) is 2. The van der Waals surface area contributed by atoms with Crippen LogP contribution in [0.15, 0.2) is 0 Å². The van der Waals surface area contributed by atoms with E-state index in [1.165, 1.54) is 104 Å². The van der Waals surface area contributed by atoms with Crippen LogP contribution in [0.2, 0.25) is 0 Å². The summed E-state index contributed by atoms with van der Waals surface area (Å²) in [4.78, 5) is 80.3. The summed E-state index contributed by atoms with van der Waals surface area (Å²) in [5.41, 5.74) is 11.8. The summed E-state index contributed by atoms with van der Waals surface area (Å²) in [5.74, 6) is -7.40. The molecule has 1 aliphatic heterocycles. The molecule has 11 atom stereocenters. The third-order valence-corrected chi connectivity index (χ3v) is 13.8. The molecule has 0 aromatic rings. The molecule has 1 aliphatic rings. The van der Waals surface area contributed by atoms with Crippen molar-refractivity contribution in [2.75, 3.05) is 19.8 Å². The Kier molecular flexibility index (Phi) is 37.8. The molecule has 426 valence electrons. The van der Waals surface area contributed by atoms with E-state index in [0.29, 0.717) is 19.3 Å². The zero-order valence-electron chi connectivity index (χ0n) is 45.4. The van der Waals surface area contributed by atoms with Gasteiger partial charge in [0.15, 0.2) is 18.5 Å². The fourth-order valence-electron chi connectivity index (χ4n) is 9.41. The van der Waals surface area contributed by atoms with Crippen LogP contribution in [0.3, 0.4) is 0 Å². The van der Waals surface area contributed by atoms with Crippen LogP contribution in [0.4, 0.5) is 0 Å². The smallest absolute Gasteiger partial charge is 0.326 e. The fourth-order valence-corrected chi connectivity index (χ4v) is 9.41. The van der Waals surface area contributed by atoms with Crippen molar-refractivity contribution < 1.29 is 73.2 Å². The van der Waals surface area contributed by atoms with Crippen molar-refractivity contribution in [1.82, 2.24) is 10.2 Å². The molecular weight excluding hydrogens is 945 g/mol. The molecule has 0 aliphatic carbocycles. The third kappa shape index (κ3) is 28.9. The van der Waals surface area contributed by atoms with E-state index in [9.17, 15) is 49.5 Å². The molecular formula is C54H100N4O15. The first-order valence-electron chi connectivity index (χ1n) is 28.1. The van der Waals surface area contributed by atoms with Crippen LogP contribution in [-0.4, -0.2) is 147 Å². The number of carboxylic acid groups (broad SMARTS) is 1. The molecule has 0 aromatic heterocycles. The van der Waals surface area contributed by atoms with E-state index in [1.807, 2.05) is 0 Å². The van der Waals surface area contributed by atoms with Crippen LogP contribution >= 0.6 is 0 Å². The van der Waals surface area contributed by atoms with Crippen LogP contribution in [0.1, 0.15) is 221 Å². The van der Waals surface area contributed by atoms with E-state index in [-0.39, 0.29) is 12.8 Å². The number of aliphatic hydroxyl groups excluding tert-OH is 4. The molecule has 19 heteroatoms. The summed E-state index contributed by atoms with van der Waals surface area (Å²) in [6.07, 6.45) is 16.8. The van der Waals surface area contributed by atoms with Crippen molar-refractivity contribution in [3.05, 3.63) is 0 Å². The highest BCUT2D eigenvalue weighted by Crippen LogP contribution is 2.28. The van der Waals surface area contributed by atoms with Gasteiger partial charge in [-0.05, 0) is 33.1 Å². The number of carbonyl (C=O) groups excluding carboxylic acids is 5. The highest BCUT2D eigenvalue weighted by atomic mass is 16.6. The van der Waals surface area contributed by atoms with Gasteiger partial charge in [-0.25, -0.2) is 4.79 Å². The molecule has 73 heavy (non-hydrogen) atoms. The maximum absolute atomic E-state index is 15.0. The Labute approximate surface area is 436 Å². The van der Waals surface area contributed by atoms with Gasteiger partial charge in [0.05, 0.1) is 31.3 Å². The highest BCUT2D eigenvalue weighted by Gasteiger charge is 2.48. The van der Waals surface area contributed by atoms with E-state index < -0.39 is 129 Å². The number of nitrogens with one attached hydrogen (secondary N) is 1. The molecule has 0 aromatic carbocycles. The Hall–Kier alpha value is -3.46. The summed E-state index contributed by atoms with van der Waals surface area (Å²) in [6.45, 7) is 5.98. The third-order valence-electron chi connectivity index (χ3n) is 13.8. The zero-order chi connectivity index (χ0) is 54.6. The molecule has 3 amide bonds. The molecule has 0 spiro atoms. The minimum Gasteiger partial charge on any atom is -0.480 e. The summed E-state index contributed by atoms with van der Waals surface area (Å²) < 4.78 is 23.1. The predicted molar refractivity (Wildman–Crippen MR) is 277 cm³/mol. The van der Waals surface area contributed by atoms with E-state index >= 15 is 4.79 Å². The number of aliphatic carboxylic acids is 1. The van der Waals surface area contributed by atoms with Crippen molar-refractivity contribution in [3.63, 3.8) is 0 Å².